The first kappa shape index (κ1) is 22.3. The molecule has 9 nitrogen and oxygen atoms in total. The summed E-state index contributed by atoms with van der Waals surface area (Å²) >= 11 is 0. The molecule has 2 unspecified atom stereocenters. The van der Waals surface area contributed by atoms with Crippen LogP contribution in [0.4, 0.5) is 5.69 Å². The van der Waals surface area contributed by atoms with Gasteiger partial charge in [-0.15, -0.1) is 0 Å². The average molecular weight is 463 g/mol. The minimum Gasteiger partial charge on any atom is -0.449 e. The van der Waals surface area contributed by atoms with Gasteiger partial charge in [-0.3, -0.25) is 9.69 Å². The lowest BCUT2D eigenvalue weighted by Gasteiger charge is -2.43. The number of rotatable bonds is 4. The Morgan fingerprint density at radius 3 is 2.74 bits per heavy atom. The zero-order chi connectivity index (χ0) is 24.2. The molecular formula is C25H30N6O3. The Morgan fingerprint density at radius 1 is 1.24 bits per heavy atom. The molecule has 0 amide bonds. The number of ether oxygens (including phenoxy) is 2. The van der Waals surface area contributed by atoms with Gasteiger partial charge in [-0.2, -0.15) is 5.26 Å². The molecule has 0 aliphatic carbocycles. The second kappa shape index (κ2) is 8.06. The van der Waals surface area contributed by atoms with Gasteiger partial charge in [0, 0.05) is 58.7 Å². The third-order valence-corrected chi connectivity index (χ3v) is 6.81. The van der Waals surface area contributed by atoms with Crippen molar-refractivity contribution in [3.8, 4) is 17.6 Å². The maximum atomic E-state index is 12.7. The average Bonchev–Trinajstić information content (AvgIpc) is 3.35. The molecule has 4 heterocycles. The van der Waals surface area contributed by atoms with Crippen molar-refractivity contribution in [2.75, 3.05) is 24.5 Å². The van der Waals surface area contributed by atoms with Gasteiger partial charge in [0.05, 0.1) is 30.1 Å². The van der Waals surface area contributed by atoms with Crippen LogP contribution in [0.3, 0.4) is 0 Å². The lowest BCUT2D eigenvalue weighted by molar-refractivity contribution is -0.0431. The molecule has 0 spiro atoms. The molecule has 2 aliphatic heterocycles. The minimum atomic E-state index is -0.637. The standard InChI is InChI=1S/C25H30N6O3/c1-16-14-29(17(2)18-6-7-21-22(12-18)34-25(3,4)33-21)10-11-30(16)20-13-23(32)28(5)31-15-19(8-9-26)27-24(20)31/h6-7,12-13,15-17H,8,10-11,14H2,1-5H3. The van der Waals surface area contributed by atoms with Crippen LogP contribution in [-0.2, 0) is 13.5 Å². The van der Waals surface area contributed by atoms with E-state index in [4.69, 9.17) is 14.7 Å². The van der Waals surface area contributed by atoms with Gasteiger partial charge in [0.25, 0.3) is 5.56 Å². The fourth-order valence-corrected chi connectivity index (χ4v) is 4.99. The number of hydrogen-bond donors (Lipinski definition) is 0. The van der Waals surface area contributed by atoms with Crippen molar-refractivity contribution >= 4 is 11.3 Å². The van der Waals surface area contributed by atoms with Crippen LogP contribution >= 0.6 is 0 Å². The molecule has 9 heteroatoms. The number of aromatic nitrogens is 3. The van der Waals surface area contributed by atoms with E-state index in [0.717, 1.165) is 36.8 Å². The summed E-state index contributed by atoms with van der Waals surface area (Å²) in [7, 11) is 1.71. The monoisotopic (exact) mass is 462 g/mol. The highest BCUT2D eigenvalue weighted by atomic mass is 16.7. The highest BCUT2D eigenvalue weighted by molar-refractivity contribution is 5.69. The second-order valence-corrected chi connectivity index (χ2v) is 9.65. The quantitative estimate of drug-likeness (QED) is 0.589. The van der Waals surface area contributed by atoms with Gasteiger partial charge in [0.2, 0.25) is 5.79 Å². The summed E-state index contributed by atoms with van der Waals surface area (Å²) in [6.45, 7) is 10.7. The number of nitrogens with zero attached hydrogens (tertiary/aromatic N) is 6. The number of benzene rings is 1. The van der Waals surface area contributed by atoms with E-state index in [9.17, 15) is 4.79 Å². The maximum absolute atomic E-state index is 12.7. The summed E-state index contributed by atoms with van der Waals surface area (Å²) in [6, 6.07) is 10.4. The summed E-state index contributed by atoms with van der Waals surface area (Å²) in [5, 5.41) is 9.08. The molecule has 2 aromatic heterocycles. The van der Waals surface area contributed by atoms with Crippen LogP contribution in [-0.4, -0.2) is 50.5 Å². The summed E-state index contributed by atoms with van der Waals surface area (Å²) in [6.07, 6.45) is 1.98. The van der Waals surface area contributed by atoms with Crippen LogP contribution in [0, 0.1) is 11.3 Å². The van der Waals surface area contributed by atoms with Crippen LogP contribution in [0.25, 0.3) is 5.65 Å². The zero-order valence-corrected chi connectivity index (χ0v) is 20.3. The van der Waals surface area contributed by atoms with Gasteiger partial charge in [-0.25, -0.2) is 14.2 Å². The van der Waals surface area contributed by atoms with Crippen LogP contribution in [0.1, 0.15) is 45.0 Å². The van der Waals surface area contributed by atoms with Gasteiger partial charge in [0.1, 0.15) is 0 Å². The van der Waals surface area contributed by atoms with Crippen LogP contribution in [0.2, 0.25) is 0 Å². The van der Waals surface area contributed by atoms with Crippen LogP contribution in [0.5, 0.6) is 11.5 Å². The first-order chi connectivity index (χ1) is 16.2. The zero-order valence-electron chi connectivity index (χ0n) is 20.3. The molecule has 0 bridgehead atoms. The predicted molar refractivity (Wildman–Crippen MR) is 128 cm³/mol. The fraction of sp³-hybridized carbons (Fsp3) is 0.480. The highest BCUT2D eigenvalue weighted by Crippen LogP contribution is 2.41. The normalized spacial score (nSPS) is 20.5. The molecular weight excluding hydrogens is 432 g/mol. The topological polar surface area (TPSA) is 88.0 Å². The van der Waals surface area contributed by atoms with Gasteiger partial charge < -0.3 is 14.4 Å². The van der Waals surface area contributed by atoms with E-state index in [2.05, 4.69) is 46.8 Å². The molecule has 0 N–H and O–H groups in total. The van der Waals surface area contributed by atoms with E-state index in [1.165, 1.54) is 10.2 Å². The molecule has 0 radical (unpaired) electrons. The van der Waals surface area contributed by atoms with Crippen LogP contribution < -0.4 is 19.9 Å². The third kappa shape index (κ3) is 3.78. The van der Waals surface area contributed by atoms with Crippen molar-refractivity contribution in [2.45, 2.75) is 52.0 Å². The lowest BCUT2D eigenvalue weighted by Crippen LogP contribution is -2.53. The molecule has 3 aromatic rings. The minimum absolute atomic E-state index is 0.102. The number of hydrogen-bond acceptors (Lipinski definition) is 7. The molecule has 2 aliphatic rings. The van der Waals surface area contributed by atoms with E-state index in [1.807, 2.05) is 19.9 Å². The van der Waals surface area contributed by atoms with E-state index in [-0.39, 0.29) is 24.1 Å². The summed E-state index contributed by atoms with van der Waals surface area (Å²) in [4.78, 5) is 22.0. The van der Waals surface area contributed by atoms with E-state index in [1.54, 1.807) is 23.8 Å². The van der Waals surface area contributed by atoms with Crippen molar-refractivity contribution in [3.05, 3.63) is 52.1 Å². The molecule has 34 heavy (non-hydrogen) atoms. The number of anilines is 1. The Kier molecular flexibility index (Phi) is 5.29. The predicted octanol–water partition coefficient (Wildman–Crippen LogP) is 2.88. The van der Waals surface area contributed by atoms with Gasteiger partial charge >= 0.3 is 0 Å². The number of aryl methyl sites for hydroxylation is 1. The third-order valence-electron chi connectivity index (χ3n) is 6.81. The Bertz CT molecular complexity index is 1350. The van der Waals surface area contributed by atoms with Gasteiger partial charge in [-0.05, 0) is 31.5 Å². The van der Waals surface area contributed by atoms with Gasteiger partial charge in [-0.1, -0.05) is 6.07 Å². The second-order valence-electron chi connectivity index (χ2n) is 9.65. The smallest absolute Gasteiger partial charge is 0.267 e. The molecule has 1 aromatic carbocycles. The highest BCUT2D eigenvalue weighted by Gasteiger charge is 2.33. The fourth-order valence-electron chi connectivity index (χ4n) is 4.99. The Balaban J connectivity index is 1.38. The first-order valence-corrected chi connectivity index (χ1v) is 11.6. The number of imidazole rings is 1. The largest absolute Gasteiger partial charge is 0.449 e. The van der Waals surface area contributed by atoms with E-state index in [0.29, 0.717) is 11.3 Å². The van der Waals surface area contributed by atoms with Crippen LogP contribution in [0.15, 0.2) is 35.3 Å². The molecule has 178 valence electrons. The summed E-state index contributed by atoms with van der Waals surface area (Å²) in [5.74, 6) is 0.933. The van der Waals surface area contributed by atoms with E-state index < -0.39 is 5.79 Å². The van der Waals surface area contributed by atoms with Crippen molar-refractivity contribution in [2.24, 2.45) is 7.05 Å². The summed E-state index contributed by atoms with van der Waals surface area (Å²) < 4.78 is 15.0. The Labute approximate surface area is 198 Å². The molecule has 2 atom stereocenters. The molecule has 1 fully saturated rings. The number of nitriles is 1. The summed E-state index contributed by atoms with van der Waals surface area (Å²) in [5.41, 5.74) is 3.27. The number of fused-ring (bicyclic) bond motifs is 2. The van der Waals surface area contributed by atoms with Gasteiger partial charge in [0.15, 0.2) is 17.1 Å². The van der Waals surface area contributed by atoms with Crippen molar-refractivity contribution in [3.63, 3.8) is 0 Å². The van der Waals surface area contributed by atoms with Crippen molar-refractivity contribution in [1.29, 1.82) is 5.26 Å². The van der Waals surface area contributed by atoms with Crippen molar-refractivity contribution < 1.29 is 9.47 Å². The molecule has 0 saturated carbocycles. The first-order valence-electron chi connectivity index (χ1n) is 11.6. The van der Waals surface area contributed by atoms with Crippen molar-refractivity contribution in [1.82, 2.24) is 19.1 Å². The Morgan fingerprint density at radius 2 is 2.00 bits per heavy atom. The Hall–Kier alpha value is -3.51. The SMILES string of the molecule is CC(c1ccc2c(c1)OC(C)(C)O2)N1CCN(c2cc(=O)n(C)n3cc(CC#N)nc23)C(C)C1. The van der Waals surface area contributed by atoms with E-state index >= 15 is 0 Å². The maximum Gasteiger partial charge on any atom is 0.267 e. The molecule has 1 saturated heterocycles. The lowest BCUT2D eigenvalue weighted by atomic mass is 10.0. The number of piperazine rings is 1. The molecule has 5 rings (SSSR count).